The van der Waals surface area contributed by atoms with E-state index in [1.54, 1.807) is 9.12 Å². The van der Waals surface area contributed by atoms with Gasteiger partial charge in [-0.25, -0.2) is 0 Å². The van der Waals surface area contributed by atoms with E-state index in [0.717, 1.165) is 10.9 Å². The van der Waals surface area contributed by atoms with Crippen LogP contribution in [0, 0.1) is 18.3 Å². The lowest BCUT2D eigenvalue weighted by atomic mass is 10.1. The molecule has 0 saturated carbocycles. The van der Waals surface area contributed by atoms with Crippen LogP contribution < -0.4 is 0 Å². The summed E-state index contributed by atoms with van der Waals surface area (Å²) in [5.41, 5.74) is 3.10. The lowest BCUT2D eigenvalue weighted by Crippen LogP contribution is -1.79. The number of fused-ring (bicyclic) bond motifs is 1. The van der Waals surface area contributed by atoms with Crippen molar-refractivity contribution in [2.75, 3.05) is 0 Å². The highest BCUT2D eigenvalue weighted by Gasteiger charge is 2.05. The predicted molar refractivity (Wildman–Crippen MR) is 79.7 cm³/mol. The van der Waals surface area contributed by atoms with Gasteiger partial charge in [-0.2, -0.15) is 5.26 Å². The van der Waals surface area contributed by atoms with E-state index in [4.69, 9.17) is 5.26 Å². The topological polar surface area (TPSA) is 28.7 Å². The Morgan fingerprint density at radius 1 is 1.38 bits per heavy atom. The Bertz CT molecular complexity index is 526. The van der Waals surface area contributed by atoms with Crippen LogP contribution in [-0.4, -0.2) is 3.97 Å². The van der Waals surface area contributed by atoms with Gasteiger partial charge in [-0.05, 0) is 30.7 Å². The number of aromatic nitrogens is 1. The molecule has 16 heavy (non-hydrogen) atoms. The zero-order chi connectivity index (χ0) is 12.1. The molecule has 0 radical (unpaired) electrons. The molecule has 0 aliphatic rings. The molecule has 1 aromatic carbocycles. The summed E-state index contributed by atoms with van der Waals surface area (Å²) in [4.78, 5) is 0. The van der Waals surface area contributed by atoms with Gasteiger partial charge in [-0.15, -0.1) is 0 Å². The Labute approximate surface area is 112 Å². The normalized spacial score (nSPS) is 9.44. The third-order valence-electron chi connectivity index (χ3n) is 2.17. The molecule has 2 aromatic rings. The van der Waals surface area contributed by atoms with Crippen molar-refractivity contribution in [1.29, 1.82) is 5.26 Å². The Morgan fingerprint density at radius 2 is 2.06 bits per heavy atom. The van der Waals surface area contributed by atoms with Gasteiger partial charge in [0.2, 0.25) is 0 Å². The average molecular weight is 344 g/mol. The molecule has 0 saturated heterocycles. The van der Waals surface area contributed by atoms with Gasteiger partial charge in [0.05, 0.1) is 17.1 Å². The third-order valence-corrected chi connectivity index (χ3v) is 3.90. The van der Waals surface area contributed by atoms with E-state index >= 15 is 0 Å². The first kappa shape index (κ1) is 13.4. The second kappa shape index (κ2) is 6.16. The number of hydrogen-bond acceptors (Lipinski definition) is 2. The highest BCUT2D eigenvalue weighted by atomic mass is 127. The second-order valence-corrected chi connectivity index (χ2v) is 4.76. The summed E-state index contributed by atoms with van der Waals surface area (Å²) in [6.07, 6.45) is 2.09. The lowest BCUT2D eigenvalue weighted by molar-refractivity contribution is 1.34. The van der Waals surface area contributed by atoms with E-state index in [-0.39, 0.29) is 0 Å². The first-order valence-electron chi connectivity index (χ1n) is 5.07. The Hall–Kier alpha value is -0.670. The molecule has 1 heterocycles. The van der Waals surface area contributed by atoms with Gasteiger partial charge in [0, 0.05) is 41.9 Å². The summed E-state index contributed by atoms with van der Waals surface area (Å²) in [6.45, 7) is 6.06. The van der Waals surface area contributed by atoms with Gasteiger partial charge in [-0.1, -0.05) is 13.8 Å². The number of hydrogen-bond donors (Lipinski definition) is 0. The minimum absolute atomic E-state index is 0.719. The van der Waals surface area contributed by atoms with Gasteiger partial charge < -0.3 is 0 Å². The van der Waals surface area contributed by atoms with Gasteiger partial charge >= 0.3 is 0 Å². The molecule has 0 spiro atoms. The zero-order valence-electron chi connectivity index (χ0n) is 9.49. The van der Waals surface area contributed by atoms with Crippen molar-refractivity contribution in [2.45, 2.75) is 20.8 Å². The standard InChI is InChI=1S/C10H7IN2S.C2H6/c1-7-6-13(14-11)10-3-2-8(5-12)4-9(7)10;1-2/h2-4,6H,1H3;1-2H3. The van der Waals surface area contributed by atoms with Crippen molar-refractivity contribution in [2.24, 2.45) is 0 Å². The molecule has 0 aliphatic heterocycles. The van der Waals surface area contributed by atoms with E-state index in [2.05, 4.69) is 44.4 Å². The molecule has 0 unspecified atom stereocenters. The molecule has 0 amide bonds. The van der Waals surface area contributed by atoms with Crippen molar-refractivity contribution in [3.8, 4) is 6.07 Å². The molecule has 4 heteroatoms. The van der Waals surface area contributed by atoms with Gasteiger partial charge in [-0.3, -0.25) is 3.97 Å². The number of aryl methyl sites for hydroxylation is 1. The number of nitriles is 1. The van der Waals surface area contributed by atoms with Crippen LogP contribution in [0.1, 0.15) is 25.0 Å². The summed E-state index contributed by atoms with van der Waals surface area (Å²) < 4.78 is 2.10. The predicted octanol–water partition coefficient (Wildman–Crippen LogP) is 4.69. The molecule has 0 N–H and O–H groups in total. The van der Waals surface area contributed by atoms with Crippen LogP contribution in [0.2, 0.25) is 0 Å². The van der Waals surface area contributed by atoms with E-state index < -0.39 is 0 Å². The first-order valence-corrected chi connectivity index (χ1v) is 8.39. The maximum Gasteiger partial charge on any atom is 0.0991 e. The molecule has 2 nitrogen and oxygen atoms in total. The summed E-state index contributed by atoms with van der Waals surface area (Å²) >= 11 is 2.25. The molecular formula is C12H13IN2S. The fourth-order valence-corrected chi connectivity index (χ4v) is 2.89. The van der Waals surface area contributed by atoms with Crippen molar-refractivity contribution >= 4 is 41.2 Å². The third kappa shape index (κ3) is 2.53. The number of rotatable bonds is 1. The fourth-order valence-electron chi connectivity index (χ4n) is 1.49. The minimum atomic E-state index is 0.719. The molecule has 84 valence electrons. The van der Waals surface area contributed by atoms with E-state index in [0.29, 0.717) is 0 Å². The van der Waals surface area contributed by atoms with Crippen LogP contribution in [-0.2, 0) is 0 Å². The van der Waals surface area contributed by atoms with Crippen LogP contribution in [0.15, 0.2) is 24.4 Å². The first-order chi connectivity index (χ1) is 7.76. The Kier molecular flexibility index (Phi) is 5.16. The van der Waals surface area contributed by atoms with Gasteiger partial charge in [0.15, 0.2) is 0 Å². The summed E-state index contributed by atoms with van der Waals surface area (Å²) in [6, 6.07) is 7.94. The van der Waals surface area contributed by atoms with Gasteiger partial charge in [0.25, 0.3) is 0 Å². The quantitative estimate of drug-likeness (QED) is 0.702. The number of halogens is 1. The van der Waals surface area contributed by atoms with E-state index in [9.17, 15) is 0 Å². The molecule has 0 aliphatic carbocycles. The van der Waals surface area contributed by atoms with E-state index in [1.165, 1.54) is 11.1 Å². The highest BCUT2D eigenvalue weighted by Crippen LogP contribution is 2.28. The summed E-state index contributed by atoms with van der Waals surface area (Å²) in [5.74, 6) is 0. The maximum atomic E-state index is 8.79. The Balaban J connectivity index is 0.000000606. The van der Waals surface area contributed by atoms with Crippen molar-refractivity contribution in [1.82, 2.24) is 3.97 Å². The molecular weight excluding hydrogens is 331 g/mol. The number of nitrogens with zero attached hydrogens (tertiary/aromatic N) is 2. The second-order valence-electron chi connectivity index (χ2n) is 3.05. The fraction of sp³-hybridized carbons (Fsp3) is 0.250. The molecule has 2 rings (SSSR count). The van der Waals surface area contributed by atoms with Crippen LogP contribution >= 0.6 is 30.3 Å². The smallest absolute Gasteiger partial charge is 0.0991 e. The molecule has 0 bridgehead atoms. The van der Waals surface area contributed by atoms with Crippen LogP contribution in [0.5, 0.6) is 0 Å². The SMILES string of the molecule is CC.Cc1cn(SI)c2ccc(C#N)cc12. The zero-order valence-corrected chi connectivity index (χ0v) is 12.5. The monoisotopic (exact) mass is 344 g/mol. The summed E-state index contributed by atoms with van der Waals surface area (Å²) in [5, 5.41) is 9.95. The Morgan fingerprint density at radius 3 is 2.62 bits per heavy atom. The van der Waals surface area contributed by atoms with Crippen LogP contribution in [0.25, 0.3) is 10.9 Å². The van der Waals surface area contributed by atoms with Crippen molar-refractivity contribution in [3.63, 3.8) is 0 Å². The minimum Gasteiger partial charge on any atom is -0.282 e. The van der Waals surface area contributed by atoms with Crippen LogP contribution in [0.3, 0.4) is 0 Å². The van der Waals surface area contributed by atoms with Crippen LogP contribution in [0.4, 0.5) is 0 Å². The highest BCUT2D eigenvalue weighted by molar-refractivity contribution is 14.2. The molecule has 1 aromatic heterocycles. The number of benzene rings is 1. The van der Waals surface area contributed by atoms with Crippen molar-refractivity contribution in [3.05, 3.63) is 35.5 Å². The average Bonchev–Trinajstić information content (AvgIpc) is 2.68. The van der Waals surface area contributed by atoms with E-state index in [1.807, 2.05) is 32.0 Å². The summed E-state index contributed by atoms with van der Waals surface area (Å²) in [7, 11) is 1.64. The lowest BCUT2D eigenvalue weighted by Gasteiger charge is -1.97. The van der Waals surface area contributed by atoms with Crippen molar-refractivity contribution < 1.29 is 0 Å². The molecule has 0 fully saturated rings. The molecule has 0 atom stereocenters. The maximum absolute atomic E-state index is 8.79. The largest absolute Gasteiger partial charge is 0.282 e. The van der Waals surface area contributed by atoms with Gasteiger partial charge in [0.1, 0.15) is 0 Å².